The maximum Gasteiger partial charge on any atom is 0.307 e. The van der Waals surface area contributed by atoms with Crippen molar-refractivity contribution < 1.29 is 13.9 Å². The lowest BCUT2D eigenvalue weighted by Gasteiger charge is -2.20. The first-order chi connectivity index (χ1) is 9.21. The quantitative estimate of drug-likeness (QED) is 0.581. The lowest BCUT2D eigenvalue weighted by Crippen LogP contribution is -2.25. The van der Waals surface area contributed by atoms with Crippen molar-refractivity contribution >= 4 is 28.6 Å². The molecular formula is C15H17FINO2. The first-order valence-electron chi connectivity index (χ1n) is 6.26. The molecule has 1 aromatic carbocycles. The van der Waals surface area contributed by atoms with Crippen molar-refractivity contribution in [1.29, 1.82) is 5.26 Å². The van der Waals surface area contributed by atoms with E-state index in [0.717, 1.165) is 3.57 Å². The van der Waals surface area contributed by atoms with Gasteiger partial charge in [0, 0.05) is 3.57 Å². The SMILES string of the molecule is CC(C)(C)OC(=O)C[C@H](C#N)Cc1ccc(I)cc1F. The zero-order chi connectivity index (χ0) is 15.3. The second-order valence-corrected chi connectivity index (χ2v) is 6.80. The van der Waals surface area contributed by atoms with E-state index in [1.54, 1.807) is 32.9 Å². The number of nitrogens with zero attached hydrogens (tertiary/aromatic N) is 1. The summed E-state index contributed by atoms with van der Waals surface area (Å²) in [6.45, 7) is 5.31. The lowest BCUT2D eigenvalue weighted by molar-refractivity contribution is -0.155. The Balaban J connectivity index is 2.69. The monoisotopic (exact) mass is 389 g/mol. The summed E-state index contributed by atoms with van der Waals surface area (Å²) in [7, 11) is 0. The van der Waals surface area contributed by atoms with Gasteiger partial charge >= 0.3 is 5.97 Å². The Morgan fingerprint density at radius 2 is 2.15 bits per heavy atom. The third-order valence-electron chi connectivity index (χ3n) is 2.50. The number of nitriles is 1. The van der Waals surface area contributed by atoms with E-state index in [2.05, 4.69) is 0 Å². The zero-order valence-corrected chi connectivity index (χ0v) is 13.9. The molecule has 1 atom stereocenters. The molecule has 0 unspecified atom stereocenters. The van der Waals surface area contributed by atoms with Crippen molar-refractivity contribution in [2.75, 3.05) is 0 Å². The third-order valence-corrected chi connectivity index (χ3v) is 3.17. The molecule has 0 fully saturated rings. The average Bonchev–Trinajstić information content (AvgIpc) is 2.29. The highest BCUT2D eigenvalue weighted by atomic mass is 127. The Morgan fingerprint density at radius 3 is 2.65 bits per heavy atom. The number of ether oxygens (including phenoxy) is 1. The van der Waals surface area contributed by atoms with Crippen molar-refractivity contribution in [2.24, 2.45) is 5.92 Å². The molecule has 3 nitrogen and oxygen atoms in total. The lowest BCUT2D eigenvalue weighted by atomic mass is 9.97. The van der Waals surface area contributed by atoms with E-state index in [-0.39, 0.29) is 18.7 Å². The fraction of sp³-hybridized carbons (Fsp3) is 0.467. The summed E-state index contributed by atoms with van der Waals surface area (Å²) in [6.07, 6.45) is 0.178. The van der Waals surface area contributed by atoms with Crippen LogP contribution in [0.5, 0.6) is 0 Å². The summed E-state index contributed by atoms with van der Waals surface area (Å²) in [6, 6.07) is 6.88. The molecule has 5 heteroatoms. The summed E-state index contributed by atoms with van der Waals surface area (Å²) >= 11 is 2.02. The number of carbonyl (C=O) groups excluding carboxylic acids is 1. The molecule has 108 valence electrons. The molecule has 0 aliphatic heterocycles. The maximum absolute atomic E-state index is 13.7. The van der Waals surface area contributed by atoms with Gasteiger partial charge in [0.25, 0.3) is 0 Å². The molecule has 0 amide bonds. The number of hydrogen-bond acceptors (Lipinski definition) is 3. The topological polar surface area (TPSA) is 50.1 Å². The second-order valence-electron chi connectivity index (χ2n) is 5.56. The molecule has 1 aromatic rings. The first kappa shape index (κ1) is 16.9. The van der Waals surface area contributed by atoms with Gasteiger partial charge in [-0.3, -0.25) is 4.79 Å². The van der Waals surface area contributed by atoms with Crippen LogP contribution in [0, 0.1) is 26.6 Å². The van der Waals surface area contributed by atoms with Crippen LogP contribution in [0.2, 0.25) is 0 Å². The summed E-state index contributed by atoms with van der Waals surface area (Å²) < 4.78 is 19.7. The van der Waals surface area contributed by atoms with Crippen molar-refractivity contribution in [2.45, 2.75) is 39.2 Å². The molecule has 1 rings (SSSR count). The van der Waals surface area contributed by atoms with Crippen LogP contribution in [-0.2, 0) is 16.0 Å². The number of carbonyl (C=O) groups is 1. The van der Waals surface area contributed by atoms with Crippen LogP contribution in [0.15, 0.2) is 18.2 Å². The molecule has 20 heavy (non-hydrogen) atoms. The summed E-state index contributed by atoms with van der Waals surface area (Å²) in [4.78, 5) is 11.7. The van der Waals surface area contributed by atoms with Gasteiger partial charge in [-0.15, -0.1) is 0 Å². The minimum atomic E-state index is -0.584. The molecule has 0 bridgehead atoms. The Hall–Kier alpha value is -1.16. The highest BCUT2D eigenvalue weighted by Gasteiger charge is 2.21. The number of rotatable bonds is 4. The van der Waals surface area contributed by atoms with Gasteiger partial charge < -0.3 is 4.74 Å². The second kappa shape index (κ2) is 7.02. The molecule has 0 spiro atoms. The third kappa shape index (κ3) is 5.87. The normalized spacial score (nSPS) is 12.6. The number of benzene rings is 1. The molecule has 0 saturated heterocycles. The first-order valence-corrected chi connectivity index (χ1v) is 7.34. The molecule has 0 N–H and O–H groups in total. The standard InChI is InChI=1S/C15H17FINO2/c1-15(2,3)20-14(19)7-10(9-18)6-11-4-5-12(17)8-13(11)16/h4-5,8,10H,6-7H2,1-3H3/t10-/m1/s1. The molecule has 0 saturated carbocycles. The van der Waals surface area contributed by atoms with Crippen LogP contribution < -0.4 is 0 Å². The number of esters is 1. The van der Waals surface area contributed by atoms with Gasteiger partial charge in [-0.2, -0.15) is 5.26 Å². The minimum absolute atomic E-state index is 0.0286. The van der Waals surface area contributed by atoms with Gasteiger partial charge in [0.15, 0.2) is 0 Å². The van der Waals surface area contributed by atoms with Gasteiger partial charge in [-0.1, -0.05) is 6.07 Å². The number of hydrogen-bond donors (Lipinski definition) is 0. The smallest absolute Gasteiger partial charge is 0.307 e. The fourth-order valence-corrected chi connectivity index (χ4v) is 2.15. The average molecular weight is 389 g/mol. The van der Waals surface area contributed by atoms with Crippen molar-refractivity contribution in [3.8, 4) is 6.07 Å². The van der Waals surface area contributed by atoms with Crippen LogP contribution in [-0.4, -0.2) is 11.6 Å². The largest absolute Gasteiger partial charge is 0.460 e. The zero-order valence-electron chi connectivity index (χ0n) is 11.7. The molecule has 0 aliphatic carbocycles. The van der Waals surface area contributed by atoms with Crippen LogP contribution in [0.4, 0.5) is 4.39 Å². The van der Waals surface area contributed by atoms with Crippen LogP contribution >= 0.6 is 22.6 Å². The molecule has 0 heterocycles. The van der Waals surface area contributed by atoms with E-state index in [0.29, 0.717) is 5.56 Å². The highest BCUT2D eigenvalue weighted by Crippen LogP contribution is 2.19. The van der Waals surface area contributed by atoms with Crippen LogP contribution in [0.1, 0.15) is 32.8 Å². The van der Waals surface area contributed by atoms with Gasteiger partial charge in [0.1, 0.15) is 11.4 Å². The fourth-order valence-electron chi connectivity index (χ4n) is 1.70. The Labute approximate surface area is 132 Å². The highest BCUT2D eigenvalue weighted by molar-refractivity contribution is 14.1. The number of halogens is 2. The summed E-state index contributed by atoms with van der Waals surface area (Å²) in [5, 5.41) is 9.10. The summed E-state index contributed by atoms with van der Waals surface area (Å²) in [5.41, 5.74) is -0.133. The van der Waals surface area contributed by atoms with E-state index < -0.39 is 17.5 Å². The maximum atomic E-state index is 13.7. The molecule has 0 aliphatic rings. The van der Waals surface area contributed by atoms with E-state index in [4.69, 9.17) is 10.00 Å². The van der Waals surface area contributed by atoms with E-state index in [9.17, 15) is 9.18 Å². The van der Waals surface area contributed by atoms with Crippen molar-refractivity contribution in [1.82, 2.24) is 0 Å². The molecular weight excluding hydrogens is 372 g/mol. The van der Waals surface area contributed by atoms with Gasteiger partial charge in [-0.25, -0.2) is 4.39 Å². The van der Waals surface area contributed by atoms with E-state index >= 15 is 0 Å². The predicted molar refractivity (Wildman–Crippen MR) is 82.4 cm³/mol. The summed E-state index contributed by atoms with van der Waals surface area (Å²) in [5.74, 6) is -1.37. The van der Waals surface area contributed by atoms with Crippen molar-refractivity contribution in [3.63, 3.8) is 0 Å². The Kier molecular flexibility index (Phi) is 5.93. The predicted octanol–water partition coefficient (Wildman–Crippen LogP) is 3.84. The van der Waals surface area contributed by atoms with Gasteiger partial charge in [0.2, 0.25) is 0 Å². The Bertz CT molecular complexity index is 532. The van der Waals surface area contributed by atoms with Crippen LogP contribution in [0.25, 0.3) is 0 Å². The molecule has 0 aromatic heterocycles. The van der Waals surface area contributed by atoms with Gasteiger partial charge in [-0.05, 0) is 67.5 Å². The van der Waals surface area contributed by atoms with Crippen LogP contribution in [0.3, 0.4) is 0 Å². The van der Waals surface area contributed by atoms with E-state index in [1.807, 2.05) is 28.7 Å². The van der Waals surface area contributed by atoms with Gasteiger partial charge in [0.05, 0.1) is 18.4 Å². The Morgan fingerprint density at radius 1 is 1.50 bits per heavy atom. The van der Waals surface area contributed by atoms with E-state index in [1.165, 1.54) is 6.07 Å². The van der Waals surface area contributed by atoms with Crippen molar-refractivity contribution in [3.05, 3.63) is 33.1 Å². The minimum Gasteiger partial charge on any atom is -0.460 e. The molecule has 0 radical (unpaired) electrons.